The van der Waals surface area contributed by atoms with E-state index in [1.807, 2.05) is 72.8 Å². The maximum Gasteiger partial charge on any atom is 0.179 e. The molecule has 13 rings (SSSR count). The van der Waals surface area contributed by atoms with Crippen molar-refractivity contribution in [3.05, 3.63) is 248 Å². The van der Waals surface area contributed by atoms with Crippen molar-refractivity contribution >= 4 is 83.5 Å². The largest absolute Gasteiger partial charge is 0.309 e. The zero-order valence-electron chi connectivity index (χ0n) is 51.6. The molecule has 0 radical (unpaired) electrons. The molecule has 0 fully saturated rings. The van der Waals surface area contributed by atoms with Gasteiger partial charge in [-0.1, -0.05) is 176 Å². The van der Waals surface area contributed by atoms with Crippen LogP contribution in [0.4, 0.5) is 0 Å². The van der Waals surface area contributed by atoms with Gasteiger partial charge in [0.15, 0.2) is 8.07 Å². The third-order valence-electron chi connectivity index (χ3n) is 12.2. The van der Waals surface area contributed by atoms with E-state index in [0.29, 0.717) is 5.69 Å². The molecule has 0 saturated heterocycles. The Morgan fingerprint density at radius 1 is 0.312 bits per heavy atom. The maximum absolute atomic E-state index is 10.3. The molecule has 0 atom stereocenters. The lowest BCUT2D eigenvalue weighted by molar-refractivity contribution is 1.15. The predicted molar refractivity (Wildman–Crippen MR) is 272 cm³/mol. The monoisotopic (exact) mass is 849 g/mol. The third-order valence-corrected chi connectivity index (χ3v) is 17.0. The topological polar surface area (TPSA) is 14.8 Å². The molecule has 0 aliphatic carbocycles. The Hall–Kier alpha value is -8.18. The number of hydrogen-bond acceptors (Lipinski definition) is 0. The molecule has 0 saturated carbocycles. The number of para-hydroxylation sites is 1. The molecule has 3 heterocycles. The highest BCUT2D eigenvalue weighted by atomic mass is 28.3. The van der Waals surface area contributed by atoms with E-state index in [-0.39, 0.29) is 71.5 Å². The van der Waals surface area contributed by atoms with Crippen LogP contribution >= 0.6 is 0 Å². The third kappa shape index (κ3) is 5.33. The first-order valence-electron chi connectivity index (χ1n) is 29.6. The van der Waals surface area contributed by atoms with Crippen LogP contribution in [0.2, 0.25) is 0 Å². The number of rotatable bonds is 8. The SMILES string of the molecule is [2H]c1c([2H])c([2H])c(-c2cccc(-n3c4c([2H])c([2H])c([2H])c5c4c4c3c([2H])c([2H])c([2H])c4n5-c3c([2H])c([2H])c4c(c3[2H])c3c([2H])c([2H])c([2H])c([2H])c3n4-c3cccc([Si](c4ccccc4)(c4ccccc4)c4ccccc4)c3)c2)c([2H])c1[2H]. The van der Waals surface area contributed by atoms with Crippen LogP contribution in [-0.4, -0.2) is 21.8 Å². The molecule has 300 valence electrons. The minimum Gasteiger partial charge on any atom is -0.309 e. The van der Waals surface area contributed by atoms with Gasteiger partial charge in [-0.3, -0.25) is 0 Å². The molecule has 13 aromatic rings. The molecule has 0 unspecified atom stereocenters. The summed E-state index contributed by atoms with van der Waals surface area (Å²) in [6.45, 7) is 0. The van der Waals surface area contributed by atoms with E-state index >= 15 is 0 Å². The van der Waals surface area contributed by atoms with Gasteiger partial charge in [-0.25, -0.2) is 0 Å². The average Bonchev–Trinajstić information content (AvgIpc) is 2.05. The zero-order chi connectivity index (χ0) is 57.9. The number of nitrogens with zero attached hydrogens (tertiary/aromatic N) is 3. The van der Waals surface area contributed by atoms with Gasteiger partial charge < -0.3 is 13.7 Å². The van der Waals surface area contributed by atoms with E-state index in [0.717, 1.165) is 20.7 Å². The molecule has 4 heteroatoms. The first-order chi connectivity index (χ1) is 39.3. The summed E-state index contributed by atoms with van der Waals surface area (Å²) in [6, 6.07) is 33.8. The molecule has 3 aromatic heterocycles. The molecule has 64 heavy (non-hydrogen) atoms. The van der Waals surface area contributed by atoms with Crippen LogP contribution in [0.1, 0.15) is 24.7 Å². The summed E-state index contributed by atoms with van der Waals surface area (Å²) in [5.74, 6) is 0. The molecule has 10 aromatic carbocycles. The number of aromatic nitrogens is 3. The summed E-state index contributed by atoms with van der Waals surface area (Å²) in [4.78, 5) is 0. The summed E-state index contributed by atoms with van der Waals surface area (Å²) in [5.41, 5.74) is -0.632. The fourth-order valence-corrected chi connectivity index (χ4v) is 14.4. The number of benzene rings is 10. The minimum absolute atomic E-state index is 0.0423. The quantitative estimate of drug-likeness (QED) is 0.107. The van der Waals surface area contributed by atoms with Crippen molar-refractivity contribution < 1.29 is 24.7 Å². The summed E-state index contributed by atoms with van der Waals surface area (Å²) in [6.07, 6.45) is 0. The second kappa shape index (κ2) is 14.5. The lowest BCUT2D eigenvalue weighted by Gasteiger charge is -2.34. The van der Waals surface area contributed by atoms with Crippen LogP contribution in [-0.2, 0) is 0 Å². The van der Waals surface area contributed by atoms with Crippen LogP contribution in [0.5, 0.6) is 0 Å². The van der Waals surface area contributed by atoms with Gasteiger partial charge in [-0.2, -0.15) is 0 Å². The molecule has 0 spiro atoms. The van der Waals surface area contributed by atoms with E-state index < -0.39 is 123 Å². The predicted octanol–water partition coefficient (Wildman–Crippen LogP) is 12.3. The Morgan fingerprint density at radius 3 is 1.39 bits per heavy atom. The highest BCUT2D eigenvalue weighted by molar-refractivity contribution is 7.19. The van der Waals surface area contributed by atoms with Gasteiger partial charge >= 0.3 is 0 Å². The van der Waals surface area contributed by atoms with Gasteiger partial charge in [-0.05, 0) is 104 Å². The highest BCUT2D eigenvalue weighted by Gasteiger charge is 2.41. The average molecular weight is 850 g/mol. The molecule has 0 N–H and O–H groups in total. The Balaban J connectivity index is 1.14. The maximum atomic E-state index is 10.3. The van der Waals surface area contributed by atoms with Gasteiger partial charge in [0, 0.05) is 38.6 Å². The summed E-state index contributed by atoms with van der Waals surface area (Å²) >= 11 is 0. The second-order valence-electron chi connectivity index (χ2n) is 15.5. The van der Waals surface area contributed by atoms with E-state index in [1.54, 1.807) is 12.1 Å². The van der Waals surface area contributed by atoms with Gasteiger partial charge in [0.1, 0.15) is 0 Å². The highest BCUT2D eigenvalue weighted by Crippen LogP contribution is 2.43. The van der Waals surface area contributed by atoms with Gasteiger partial charge in [0.25, 0.3) is 0 Å². The number of hydrogen-bond donors (Lipinski definition) is 0. The Labute approximate surface area is 397 Å². The lowest BCUT2D eigenvalue weighted by atomic mass is 10.1. The summed E-state index contributed by atoms with van der Waals surface area (Å²) in [7, 11) is -3.26. The molecular weight excluding hydrogens is 791 g/mol. The van der Waals surface area contributed by atoms with Crippen LogP contribution in [0.3, 0.4) is 0 Å². The van der Waals surface area contributed by atoms with E-state index in [4.69, 9.17) is 9.60 Å². The number of fused-ring (bicyclic) bond motifs is 3. The Kier molecular flexibility index (Phi) is 5.14. The molecule has 0 aliphatic rings. The first-order valence-corrected chi connectivity index (χ1v) is 22.6. The summed E-state index contributed by atoms with van der Waals surface area (Å²) in [5, 5.41) is 3.77. The molecule has 3 nitrogen and oxygen atoms in total. The van der Waals surface area contributed by atoms with Crippen LogP contribution in [0, 0.1) is 0 Å². The van der Waals surface area contributed by atoms with Crippen molar-refractivity contribution in [3.8, 4) is 28.2 Å². The van der Waals surface area contributed by atoms with E-state index in [1.165, 1.54) is 31.9 Å². The van der Waals surface area contributed by atoms with Crippen molar-refractivity contribution in [2.45, 2.75) is 0 Å². The van der Waals surface area contributed by atoms with Crippen LogP contribution in [0.25, 0.3) is 82.8 Å². The Bertz CT molecular complexity index is 4690. The second-order valence-corrected chi connectivity index (χ2v) is 19.3. The molecule has 0 bridgehead atoms. The first kappa shape index (κ1) is 22.8. The van der Waals surface area contributed by atoms with E-state index in [2.05, 4.69) is 36.4 Å². The van der Waals surface area contributed by atoms with Crippen LogP contribution < -0.4 is 20.7 Å². The zero-order valence-corrected chi connectivity index (χ0v) is 34.6. The van der Waals surface area contributed by atoms with Gasteiger partial charge in [0.2, 0.25) is 0 Å². The standard InChI is InChI=1S/C60H41N3Si/c1-5-19-42(20-6-1)43-21-15-22-44(39-43)62-55-33-17-35-57-59(55)60-56(62)34-18-36-58(60)63(57)46-37-38-54-52(41-46)51-31-13-14-32-53(51)61(54)45-23-16-30-50(40-45)64(47-24-7-2-8-25-47,48-26-9-3-10-27-48)49-28-11-4-12-29-49/h1-41H/i1D,5D,6D,13D,14D,17D,18D,19D,20D,31D,32D,33D,34D,35D,36D,37D,38D,41D. The smallest absolute Gasteiger partial charge is 0.179 e. The van der Waals surface area contributed by atoms with Gasteiger partial charge in [-0.15, -0.1) is 0 Å². The fourth-order valence-electron chi connectivity index (χ4n) is 9.64. The van der Waals surface area contributed by atoms with Crippen molar-refractivity contribution in [2.24, 2.45) is 0 Å². The lowest BCUT2D eigenvalue weighted by Crippen LogP contribution is -2.74. The fraction of sp³-hybridized carbons (Fsp3) is 0. The van der Waals surface area contributed by atoms with Crippen molar-refractivity contribution in [1.82, 2.24) is 13.7 Å². The van der Waals surface area contributed by atoms with Crippen LogP contribution in [0.15, 0.2) is 248 Å². The molecular formula is C60H41N3Si. The van der Waals surface area contributed by atoms with Crippen molar-refractivity contribution in [2.75, 3.05) is 0 Å². The van der Waals surface area contributed by atoms with Crippen molar-refractivity contribution in [3.63, 3.8) is 0 Å². The van der Waals surface area contributed by atoms with Crippen molar-refractivity contribution in [1.29, 1.82) is 0 Å². The normalized spacial score (nSPS) is 16.0. The van der Waals surface area contributed by atoms with Gasteiger partial charge in [0.05, 0.1) is 57.8 Å². The molecule has 0 amide bonds. The Morgan fingerprint density at radius 2 is 0.781 bits per heavy atom. The molecule has 0 aliphatic heterocycles. The minimum atomic E-state index is -3.26. The van der Waals surface area contributed by atoms with E-state index in [9.17, 15) is 15.1 Å². The summed E-state index contributed by atoms with van der Waals surface area (Å²) < 4.78 is 171.